The third kappa shape index (κ3) is 2.71. The van der Waals surface area contributed by atoms with Gasteiger partial charge in [-0.05, 0) is 31.7 Å². The van der Waals surface area contributed by atoms with Gasteiger partial charge in [0.25, 0.3) is 11.5 Å². The summed E-state index contributed by atoms with van der Waals surface area (Å²) in [5, 5.41) is 7.26. The first kappa shape index (κ1) is 16.6. The Hall–Kier alpha value is -2.90. The molecule has 0 saturated carbocycles. The van der Waals surface area contributed by atoms with Crippen LogP contribution in [0.5, 0.6) is 0 Å². The molecule has 0 radical (unpaired) electrons. The van der Waals surface area contributed by atoms with E-state index in [4.69, 9.17) is 0 Å². The first-order valence-electron chi connectivity index (χ1n) is 8.99. The number of piperidine rings is 1. The lowest BCUT2D eigenvalue weighted by Gasteiger charge is -2.35. The molecule has 1 aliphatic heterocycles. The number of aromatic nitrogens is 5. The van der Waals surface area contributed by atoms with E-state index in [9.17, 15) is 9.59 Å². The lowest BCUT2D eigenvalue weighted by Crippen LogP contribution is -2.39. The Bertz CT molecular complexity index is 1010. The van der Waals surface area contributed by atoms with E-state index in [2.05, 4.69) is 15.2 Å². The van der Waals surface area contributed by atoms with E-state index in [0.29, 0.717) is 24.3 Å². The van der Waals surface area contributed by atoms with Crippen molar-refractivity contribution in [3.63, 3.8) is 0 Å². The van der Waals surface area contributed by atoms with Crippen molar-refractivity contribution in [1.29, 1.82) is 0 Å². The zero-order valence-electron chi connectivity index (χ0n) is 15.0. The number of aryl methyl sites for hydroxylation is 2. The van der Waals surface area contributed by atoms with E-state index >= 15 is 0 Å². The van der Waals surface area contributed by atoms with Crippen molar-refractivity contribution < 1.29 is 4.79 Å². The minimum absolute atomic E-state index is 0.0390. The molecule has 0 unspecified atom stereocenters. The molecule has 4 heterocycles. The molecule has 1 saturated heterocycles. The van der Waals surface area contributed by atoms with Crippen LogP contribution in [-0.4, -0.2) is 41.7 Å². The van der Waals surface area contributed by atoms with Crippen molar-refractivity contribution in [2.24, 2.45) is 7.05 Å². The molecule has 8 nitrogen and oxygen atoms in total. The number of nitrogens with zero attached hydrogens (tertiary/aromatic N) is 5. The van der Waals surface area contributed by atoms with Crippen molar-refractivity contribution in [3.8, 4) is 0 Å². The molecule has 1 N–H and O–H groups in total. The largest absolute Gasteiger partial charge is 0.329 e. The molecule has 26 heavy (non-hydrogen) atoms. The van der Waals surface area contributed by atoms with Gasteiger partial charge >= 0.3 is 0 Å². The van der Waals surface area contributed by atoms with Gasteiger partial charge in [0, 0.05) is 37.6 Å². The predicted octanol–water partition coefficient (Wildman–Crippen LogP) is 1.69. The molecule has 0 bridgehead atoms. The Morgan fingerprint density at radius 2 is 2.19 bits per heavy atom. The minimum Gasteiger partial charge on any atom is -0.329 e. The van der Waals surface area contributed by atoms with Crippen LogP contribution in [0.1, 0.15) is 54.1 Å². The SMILES string of the molecule is CCc1cc(=O)n2[nH]c([C@@H]3CCCCN3C(=O)c3ccnn3C)cc2n1. The lowest BCUT2D eigenvalue weighted by molar-refractivity contribution is 0.0594. The summed E-state index contributed by atoms with van der Waals surface area (Å²) in [7, 11) is 1.77. The van der Waals surface area contributed by atoms with Crippen molar-refractivity contribution in [2.45, 2.75) is 38.6 Å². The average Bonchev–Trinajstić information content (AvgIpc) is 3.27. The number of likely N-dealkylation sites (tertiary alicyclic amines) is 1. The number of aromatic amines is 1. The average molecular weight is 354 g/mol. The lowest BCUT2D eigenvalue weighted by atomic mass is 9.99. The van der Waals surface area contributed by atoms with Gasteiger partial charge in [0.15, 0.2) is 5.65 Å². The Balaban J connectivity index is 1.73. The van der Waals surface area contributed by atoms with Crippen LogP contribution in [-0.2, 0) is 13.5 Å². The van der Waals surface area contributed by atoms with Gasteiger partial charge in [-0.1, -0.05) is 6.92 Å². The molecule has 1 fully saturated rings. The summed E-state index contributed by atoms with van der Waals surface area (Å²) in [5.41, 5.74) is 2.66. The maximum Gasteiger partial charge on any atom is 0.272 e. The molecule has 1 atom stereocenters. The summed E-state index contributed by atoms with van der Waals surface area (Å²) in [5.74, 6) is -0.0390. The summed E-state index contributed by atoms with van der Waals surface area (Å²) in [6, 6.07) is 5.07. The molecular weight excluding hydrogens is 332 g/mol. The van der Waals surface area contributed by atoms with Crippen LogP contribution < -0.4 is 5.56 Å². The van der Waals surface area contributed by atoms with E-state index in [1.54, 1.807) is 30.1 Å². The number of hydrogen-bond acceptors (Lipinski definition) is 4. The van der Waals surface area contributed by atoms with Crippen molar-refractivity contribution in [3.05, 3.63) is 51.8 Å². The Morgan fingerprint density at radius 3 is 2.92 bits per heavy atom. The highest BCUT2D eigenvalue weighted by Crippen LogP contribution is 2.31. The Kier molecular flexibility index (Phi) is 4.10. The van der Waals surface area contributed by atoms with Crippen molar-refractivity contribution in [2.75, 3.05) is 6.54 Å². The summed E-state index contributed by atoms with van der Waals surface area (Å²) in [4.78, 5) is 31.7. The van der Waals surface area contributed by atoms with E-state index < -0.39 is 0 Å². The Labute approximate surface area is 150 Å². The molecule has 136 valence electrons. The molecule has 3 aromatic heterocycles. The molecule has 0 aromatic carbocycles. The fourth-order valence-corrected chi connectivity index (χ4v) is 3.64. The van der Waals surface area contributed by atoms with E-state index in [1.807, 2.05) is 17.9 Å². The molecule has 3 aromatic rings. The van der Waals surface area contributed by atoms with Gasteiger partial charge in [-0.25, -0.2) is 9.50 Å². The van der Waals surface area contributed by atoms with Crippen LogP contribution in [0.15, 0.2) is 29.2 Å². The fourth-order valence-electron chi connectivity index (χ4n) is 3.64. The quantitative estimate of drug-likeness (QED) is 0.775. The van der Waals surface area contributed by atoms with Crippen LogP contribution in [0.25, 0.3) is 5.65 Å². The summed E-state index contributed by atoms with van der Waals surface area (Å²) in [6.07, 6.45) is 5.20. The zero-order chi connectivity index (χ0) is 18.3. The van der Waals surface area contributed by atoms with Gasteiger partial charge in [-0.15, -0.1) is 0 Å². The molecule has 1 aliphatic rings. The monoisotopic (exact) mass is 354 g/mol. The van der Waals surface area contributed by atoms with Gasteiger partial charge in [0.2, 0.25) is 0 Å². The summed E-state index contributed by atoms with van der Waals surface area (Å²) in [6.45, 7) is 2.66. The third-order valence-electron chi connectivity index (χ3n) is 5.05. The topological polar surface area (TPSA) is 88.3 Å². The number of rotatable bonds is 3. The van der Waals surface area contributed by atoms with Gasteiger partial charge in [0.05, 0.1) is 11.7 Å². The third-order valence-corrected chi connectivity index (χ3v) is 5.05. The minimum atomic E-state index is -0.126. The smallest absolute Gasteiger partial charge is 0.272 e. The first-order valence-corrected chi connectivity index (χ1v) is 8.99. The van der Waals surface area contributed by atoms with Gasteiger partial charge in [-0.2, -0.15) is 5.10 Å². The van der Waals surface area contributed by atoms with Crippen LogP contribution in [0.3, 0.4) is 0 Å². The predicted molar refractivity (Wildman–Crippen MR) is 96.0 cm³/mol. The van der Waals surface area contributed by atoms with E-state index in [1.165, 1.54) is 4.52 Å². The highest BCUT2D eigenvalue weighted by molar-refractivity contribution is 5.92. The number of carbonyl (C=O) groups excluding carboxylic acids is 1. The summed E-state index contributed by atoms with van der Waals surface area (Å²) >= 11 is 0. The number of H-pyrrole nitrogens is 1. The number of amides is 1. The molecule has 4 rings (SSSR count). The number of nitrogens with one attached hydrogen (secondary N) is 1. The molecule has 0 spiro atoms. The Morgan fingerprint density at radius 1 is 1.35 bits per heavy atom. The van der Waals surface area contributed by atoms with Gasteiger partial charge in [0.1, 0.15) is 5.69 Å². The maximum atomic E-state index is 13.0. The van der Waals surface area contributed by atoms with Crippen LogP contribution in [0, 0.1) is 0 Å². The first-order chi connectivity index (χ1) is 12.6. The zero-order valence-corrected chi connectivity index (χ0v) is 15.0. The van der Waals surface area contributed by atoms with Crippen LogP contribution >= 0.6 is 0 Å². The number of carbonyl (C=O) groups is 1. The van der Waals surface area contributed by atoms with E-state index in [0.717, 1.165) is 30.7 Å². The second-order valence-electron chi connectivity index (χ2n) is 6.69. The summed E-state index contributed by atoms with van der Waals surface area (Å²) < 4.78 is 3.05. The van der Waals surface area contributed by atoms with Crippen molar-refractivity contribution in [1.82, 2.24) is 29.3 Å². The molecule has 1 amide bonds. The van der Waals surface area contributed by atoms with E-state index in [-0.39, 0.29) is 17.5 Å². The van der Waals surface area contributed by atoms with Crippen LogP contribution in [0.4, 0.5) is 0 Å². The number of hydrogen-bond donors (Lipinski definition) is 1. The van der Waals surface area contributed by atoms with Gasteiger partial charge < -0.3 is 4.90 Å². The second-order valence-corrected chi connectivity index (χ2v) is 6.69. The van der Waals surface area contributed by atoms with Gasteiger partial charge in [-0.3, -0.25) is 19.4 Å². The highest BCUT2D eigenvalue weighted by atomic mass is 16.2. The van der Waals surface area contributed by atoms with Crippen LogP contribution in [0.2, 0.25) is 0 Å². The molecular formula is C18H22N6O2. The molecule has 0 aliphatic carbocycles. The number of fused-ring (bicyclic) bond motifs is 1. The normalized spacial score (nSPS) is 17.8. The second kappa shape index (κ2) is 6.44. The van der Waals surface area contributed by atoms with Crippen molar-refractivity contribution >= 4 is 11.6 Å². The maximum absolute atomic E-state index is 13.0. The molecule has 8 heteroatoms. The standard InChI is InChI=1S/C18H22N6O2/c1-3-12-10-17(25)24-16(20-12)11-13(21-24)14-6-4-5-9-23(14)18(26)15-7-8-19-22(15)2/h7-8,10-11,14,21H,3-6,9H2,1-2H3/t14-/m0/s1. The highest BCUT2D eigenvalue weighted by Gasteiger charge is 2.31. The fraction of sp³-hybridized carbons (Fsp3) is 0.444.